The molecule has 0 unspecified atom stereocenters. The average molecular weight is 649 g/mol. The number of hydrogen-bond donors (Lipinski definition) is 0. The number of aryl methyl sites for hydroxylation is 1. The van der Waals surface area contributed by atoms with Crippen LogP contribution in [-0.4, -0.2) is 22.1 Å². The van der Waals surface area contributed by atoms with Crippen molar-refractivity contribution >= 4 is 45.0 Å². The Bertz CT molecular complexity index is 1890. The first-order chi connectivity index (χ1) is 20.2. The Hall–Kier alpha value is -4.35. The molecule has 11 heteroatoms. The minimum Gasteiger partial charge on any atom is -0.489 e. The zero-order valence-electron chi connectivity index (χ0n) is 23.0. The molecule has 9 nitrogen and oxygen atoms in total. The molecule has 0 spiro atoms. The lowest BCUT2D eigenvalue weighted by atomic mass is 9.94. The smallest absolute Gasteiger partial charge is 0.338 e. The summed E-state index contributed by atoms with van der Waals surface area (Å²) in [6, 6.07) is 19.0. The van der Waals surface area contributed by atoms with Gasteiger partial charge in [0.05, 0.1) is 33.4 Å². The number of allylic oxidation sites excluding steroid dienone is 1. The quantitative estimate of drug-likeness (QED) is 0.145. The van der Waals surface area contributed by atoms with Crippen molar-refractivity contribution in [2.24, 2.45) is 4.99 Å². The molecule has 5 rings (SSSR count). The zero-order valence-corrected chi connectivity index (χ0v) is 25.4. The first-order valence-electron chi connectivity index (χ1n) is 13.1. The molecule has 1 aliphatic heterocycles. The summed E-state index contributed by atoms with van der Waals surface area (Å²) in [7, 11) is 0. The van der Waals surface area contributed by atoms with Crippen molar-refractivity contribution in [1.82, 2.24) is 4.57 Å². The third-order valence-electron chi connectivity index (χ3n) is 6.76. The van der Waals surface area contributed by atoms with E-state index in [9.17, 15) is 19.7 Å². The van der Waals surface area contributed by atoms with Crippen LogP contribution in [-0.2, 0) is 16.1 Å². The highest BCUT2D eigenvalue weighted by molar-refractivity contribution is 9.10. The number of hydrogen-bond acceptors (Lipinski definition) is 8. The van der Waals surface area contributed by atoms with Crippen LogP contribution in [0.25, 0.3) is 6.08 Å². The van der Waals surface area contributed by atoms with Gasteiger partial charge in [0.1, 0.15) is 12.4 Å². The van der Waals surface area contributed by atoms with Crippen LogP contribution in [0.3, 0.4) is 0 Å². The maximum Gasteiger partial charge on any atom is 0.338 e. The molecule has 0 bridgehead atoms. The van der Waals surface area contributed by atoms with Crippen molar-refractivity contribution in [2.75, 3.05) is 6.61 Å². The van der Waals surface area contributed by atoms with Gasteiger partial charge in [0.25, 0.3) is 11.2 Å². The van der Waals surface area contributed by atoms with E-state index in [0.29, 0.717) is 38.5 Å². The van der Waals surface area contributed by atoms with Crippen molar-refractivity contribution in [1.29, 1.82) is 0 Å². The molecule has 0 saturated carbocycles. The van der Waals surface area contributed by atoms with Crippen LogP contribution >= 0.6 is 27.3 Å². The van der Waals surface area contributed by atoms with Crippen LogP contribution in [0.2, 0.25) is 0 Å². The Kier molecular flexibility index (Phi) is 8.51. The van der Waals surface area contributed by atoms with Crippen molar-refractivity contribution in [3.63, 3.8) is 0 Å². The molecule has 0 amide bonds. The van der Waals surface area contributed by atoms with Gasteiger partial charge in [-0.25, -0.2) is 9.79 Å². The molecule has 214 valence electrons. The summed E-state index contributed by atoms with van der Waals surface area (Å²) in [6.07, 6.45) is 1.75. The molecule has 0 aliphatic carbocycles. The molecule has 4 aromatic rings. The number of nitro benzene ring substituents is 1. The second-order valence-electron chi connectivity index (χ2n) is 9.59. The van der Waals surface area contributed by atoms with E-state index >= 15 is 0 Å². The van der Waals surface area contributed by atoms with Crippen LogP contribution in [0.4, 0.5) is 5.69 Å². The Labute approximate surface area is 253 Å². The summed E-state index contributed by atoms with van der Waals surface area (Å²) in [6.45, 7) is 5.55. The van der Waals surface area contributed by atoms with Crippen molar-refractivity contribution < 1.29 is 19.2 Å². The van der Waals surface area contributed by atoms with Crippen molar-refractivity contribution in [2.45, 2.75) is 33.4 Å². The van der Waals surface area contributed by atoms with E-state index in [0.717, 1.165) is 15.6 Å². The molecule has 1 atom stereocenters. The van der Waals surface area contributed by atoms with Gasteiger partial charge in [-0.3, -0.25) is 19.5 Å². The lowest BCUT2D eigenvalue weighted by Gasteiger charge is -2.24. The number of carbonyl (C=O) groups excluding carboxylic acids is 1. The van der Waals surface area contributed by atoms with Crippen molar-refractivity contribution in [3.8, 4) is 5.75 Å². The molecule has 0 N–H and O–H groups in total. The third kappa shape index (κ3) is 5.97. The highest BCUT2D eigenvalue weighted by Gasteiger charge is 2.34. The molecule has 1 aliphatic rings. The summed E-state index contributed by atoms with van der Waals surface area (Å²) in [5.74, 6) is 0.0622. The van der Waals surface area contributed by atoms with Crippen LogP contribution in [0.1, 0.15) is 42.1 Å². The standard InChI is InChI=1S/C31H26BrN3O6S/c1-4-40-30(37)27-19(3)33-31-34(28(27)22-10-5-18(2)25(16-22)35(38)39)29(36)26(42-31)15-20-8-13-24(14-9-20)41-17-21-6-11-23(32)12-7-21/h5-16,28H,4,17H2,1-3H3/b26-15+/t28-/m1/s1. The molecule has 1 aromatic heterocycles. The van der Waals surface area contributed by atoms with Gasteiger partial charge in [0.15, 0.2) is 4.80 Å². The van der Waals surface area contributed by atoms with Gasteiger partial charge in [0.2, 0.25) is 0 Å². The van der Waals surface area contributed by atoms with Gasteiger partial charge in [-0.05, 0) is 67.8 Å². The topological polar surface area (TPSA) is 113 Å². The Morgan fingerprint density at radius 3 is 2.50 bits per heavy atom. The third-order valence-corrected chi connectivity index (χ3v) is 8.27. The number of ether oxygens (including phenoxy) is 2. The second-order valence-corrected chi connectivity index (χ2v) is 11.5. The average Bonchev–Trinajstić information content (AvgIpc) is 3.27. The van der Waals surface area contributed by atoms with Gasteiger partial charge in [-0.15, -0.1) is 0 Å². The van der Waals surface area contributed by atoms with Gasteiger partial charge < -0.3 is 9.47 Å². The molecular formula is C31H26BrN3O6S. The number of nitrogens with zero attached hydrogens (tertiary/aromatic N) is 3. The highest BCUT2D eigenvalue weighted by atomic mass is 79.9. The van der Waals surface area contributed by atoms with E-state index in [4.69, 9.17) is 9.47 Å². The first kappa shape index (κ1) is 29.2. The van der Waals surface area contributed by atoms with Gasteiger partial charge in [-0.1, -0.05) is 63.7 Å². The monoisotopic (exact) mass is 647 g/mol. The van der Waals surface area contributed by atoms with Gasteiger partial charge >= 0.3 is 5.97 Å². The fraction of sp³-hybridized carbons (Fsp3) is 0.194. The Balaban J connectivity index is 1.53. The predicted molar refractivity (Wildman–Crippen MR) is 163 cm³/mol. The molecule has 42 heavy (non-hydrogen) atoms. The first-order valence-corrected chi connectivity index (χ1v) is 14.7. The molecular weight excluding hydrogens is 622 g/mol. The largest absolute Gasteiger partial charge is 0.489 e. The Morgan fingerprint density at radius 1 is 1.12 bits per heavy atom. The number of esters is 1. The fourth-order valence-electron chi connectivity index (χ4n) is 4.66. The van der Waals surface area contributed by atoms with Crippen LogP contribution in [0.5, 0.6) is 5.75 Å². The van der Waals surface area contributed by atoms with Gasteiger partial charge in [0, 0.05) is 16.1 Å². The summed E-state index contributed by atoms with van der Waals surface area (Å²) in [5, 5.41) is 11.7. The summed E-state index contributed by atoms with van der Waals surface area (Å²) >= 11 is 4.61. The van der Waals surface area contributed by atoms with Crippen molar-refractivity contribution in [3.05, 3.63) is 135 Å². The van der Waals surface area contributed by atoms with E-state index < -0.39 is 16.9 Å². The number of benzene rings is 3. The zero-order chi connectivity index (χ0) is 30.0. The van der Waals surface area contributed by atoms with E-state index in [2.05, 4.69) is 20.9 Å². The number of carbonyl (C=O) groups is 1. The predicted octanol–water partition coefficient (Wildman–Crippen LogP) is 5.36. The lowest BCUT2D eigenvalue weighted by molar-refractivity contribution is -0.385. The lowest BCUT2D eigenvalue weighted by Crippen LogP contribution is -2.40. The normalized spacial score (nSPS) is 14.8. The van der Waals surface area contributed by atoms with Crippen LogP contribution in [0.15, 0.2) is 92.3 Å². The summed E-state index contributed by atoms with van der Waals surface area (Å²) in [5.41, 5.74) is 2.80. The highest BCUT2D eigenvalue weighted by Crippen LogP contribution is 2.33. The second kappa shape index (κ2) is 12.3. The molecule has 3 aromatic carbocycles. The van der Waals surface area contributed by atoms with Crippen LogP contribution < -0.4 is 19.6 Å². The van der Waals surface area contributed by atoms with Gasteiger partial charge in [-0.2, -0.15) is 0 Å². The number of fused-ring (bicyclic) bond motifs is 1. The summed E-state index contributed by atoms with van der Waals surface area (Å²) < 4.78 is 14.0. The number of halogens is 1. The Morgan fingerprint density at radius 2 is 1.83 bits per heavy atom. The maximum atomic E-state index is 13.8. The molecule has 2 heterocycles. The fourth-order valence-corrected chi connectivity index (χ4v) is 5.97. The number of nitro groups is 1. The van der Waals surface area contributed by atoms with E-state index in [-0.39, 0.29) is 23.4 Å². The molecule has 0 fully saturated rings. The maximum absolute atomic E-state index is 13.8. The minimum atomic E-state index is -0.934. The molecule has 0 radical (unpaired) electrons. The SMILES string of the molecule is CCOC(=O)C1=C(C)N=c2s/c(=C/c3ccc(OCc4ccc(Br)cc4)cc3)c(=O)n2[C@@H]1c1ccc(C)c([N+](=O)[O-])c1. The van der Waals surface area contributed by atoms with E-state index in [1.54, 1.807) is 39.0 Å². The number of aromatic nitrogens is 1. The number of thiazole rings is 1. The number of rotatable bonds is 8. The summed E-state index contributed by atoms with van der Waals surface area (Å²) in [4.78, 5) is 43.1. The minimum absolute atomic E-state index is 0.102. The van der Waals surface area contributed by atoms with Crippen LogP contribution in [0, 0.1) is 17.0 Å². The van der Waals surface area contributed by atoms with E-state index in [1.165, 1.54) is 22.0 Å². The molecule has 0 saturated heterocycles. The van der Waals surface area contributed by atoms with E-state index in [1.807, 2.05) is 48.5 Å².